The maximum atomic E-state index is 12.8. The molecule has 1 amide bonds. The summed E-state index contributed by atoms with van der Waals surface area (Å²) in [6.07, 6.45) is 0.966. The Balaban J connectivity index is 1.79. The number of hydrogen-bond donors (Lipinski definition) is 1. The van der Waals surface area contributed by atoms with E-state index in [0.717, 1.165) is 12.1 Å². The molecule has 0 aromatic heterocycles. The number of rotatable bonds is 3. The fourth-order valence-corrected chi connectivity index (χ4v) is 3.36. The van der Waals surface area contributed by atoms with E-state index < -0.39 is 11.6 Å². The Labute approximate surface area is 149 Å². The number of ether oxygens (including phenoxy) is 1. The van der Waals surface area contributed by atoms with Gasteiger partial charge in [0.25, 0.3) is 0 Å². The molecule has 2 heterocycles. The summed E-state index contributed by atoms with van der Waals surface area (Å²) in [6.45, 7) is 9.15. The normalized spacial score (nSPS) is 24.3. The predicted molar refractivity (Wildman–Crippen MR) is 96.3 cm³/mol. The Hall–Kier alpha value is -1.92. The Bertz CT molecular complexity index is 651. The second-order valence-corrected chi connectivity index (χ2v) is 7.67. The van der Waals surface area contributed by atoms with Crippen molar-refractivity contribution in [1.29, 1.82) is 0 Å². The van der Waals surface area contributed by atoms with E-state index in [2.05, 4.69) is 12.2 Å². The number of nitrogens with one attached hydrogen (secondary N) is 1. The molecule has 1 N–H and O–H groups in total. The van der Waals surface area contributed by atoms with Gasteiger partial charge in [-0.3, -0.25) is 19.4 Å². The van der Waals surface area contributed by atoms with Crippen LogP contribution in [0.3, 0.4) is 0 Å². The van der Waals surface area contributed by atoms with Crippen LogP contribution in [0.2, 0.25) is 0 Å². The van der Waals surface area contributed by atoms with Crippen molar-refractivity contribution in [2.45, 2.75) is 51.8 Å². The molecule has 6 heteroatoms. The van der Waals surface area contributed by atoms with Crippen molar-refractivity contribution in [2.24, 2.45) is 0 Å². The Morgan fingerprint density at radius 3 is 2.52 bits per heavy atom. The lowest BCUT2D eigenvalue weighted by Gasteiger charge is -2.35. The quantitative estimate of drug-likeness (QED) is 0.842. The third kappa shape index (κ3) is 3.70. The number of piperazine rings is 1. The van der Waals surface area contributed by atoms with E-state index in [4.69, 9.17) is 4.74 Å². The third-order valence-electron chi connectivity index (χ3n) is 4.67. The van der Waals surface area contributed by atoms with Gasteiger partial charge in [0.15, 0.2) is 0 Å². The number of amides is 1. The molecule has 0 saturated carbocycles. The predicted octanol–water partition coefficient (Wildman–Crippen LogP) is 1.54. The number of carbonyl (C=O) groups is 2. The molecular weight excluding hydrogens is 318 g/mol. The molecule has 2 fully saturated rings. The van der Waals surface area contributed by atoms with Gasteiger partial charge < -0.3 is 10.1 Å². The van der Waals surface area contributed by atoms with Gasteiger partial charge in [-0.15, -0.1) is 0 Å². The molecule has 1 aromatic rings. The highest BCUT2D eigenvalue weighted by Crippen LogP contribution is 2.27. The van der Waals surface area contributed by atoms with Crippen LogP contribution >= 0.6 is 0 Å². The van der Waals surface area contributed by atoms with E-state index in [1.807, 2.05) is 49.9 Å². The first kappa shape index (κ1) is 17.9. The van der Waals surface area contributed by atoms with Gasteiger partial charge in [-0.1, -0.05) is 19.1 Å². The zero-order chi connectivity index (χ0) is 18.2. The molecule has 0 aliphatic carbocycles. The average molecular weight is 345 g/mol. The molecule has 136 valence electrons. The lowest BCUT2D eigenvalue weighted by Crippen LogP contribution is -2.60. The Kier molecular flexibility index (Phi) is 4.84. The Morgan fingerprint density at radius 1 is 1.24 bits per heavy atom. The molecule has 0 bridgehead atoms. The number of anilines is 1. The highest BCUT2D eigenvalue weighted by atomic mass is 16.6. The van der Waals surface area contributed by atoms with Gasteiger partial charge in [-0.25, -0.2) is 0 Å². The first-order valence-electron chi connectivity index (χ1n) is 8.90. The summed E-state index contributed by atoms with van der Waals surface area (Å²) in [5, 5.41) is 3.20. The summed E-state index contributed by atoms with van der Waals surface area (Å²) in [4.78, 5) is 29.1. The summed E-state index contributed by atoms with van der Waals surface area (Å²) in [5.74, 6) is -0.245. The van der Waals surface area contributed by atoms with Gasteiger partial charge in [0.1, 0.15) is 17.7 Å². The molecule has 25 heavy (non-hydrogen) atoms. The van der Waals surface area contributed by atoms with Gasteiger partial charge in [-0.2, -0.15) is 0 Å². The number of nitrogens with zero attached hydrogens (tertiary/aromatic N) is 2. The van der Waals surface area contributed by atoms with Gasteiger partial charge in [0.05, 0.1) is 6.67 Å². The van der Waals surface area contributed by atoms with Crippen LogP contribution in [0.25, 0.3) is 0 Å². The minimum Gasteiger partial charge on any atom is -0.459 e. The molecule has 3 rings (SSSR count). The van der Waals surface area contributed by atoms with Crippen LogP contribution in [0.1, 0.15) is 33.3 Å². The number of aryl methyl sites for hydroxylation is 1. The second-order valence-electron chi connectivity index (χ2n) is 7.67. The van der Waals surface area contributed by atoms with Gasteiger partial charge in [-0.05, 0) is 44.9 Å². The molecule has 0 spiro atoms. The molecule has 6 nitrogen and oxygen atoms in total. The van der Waals surface area contributed by atoms with Crippen LogP contribution in [0.4, 0.5) is 5.69 Å². The van der Waals surface area contributed by atoms with E-state index in [0.29, 0.717) is 19.8 Å². The summed E-state index contributed by atoms with van der Waals surface area (Å²) in [6, 6.07) is 7.28. The minimum absolute atomic E-state index is 0.0324. The highest BCUT2D eigenvalue weighted by molar-refractivity contribution is 6.00. The largest absolute Gasteiger partial charge is 0.459 e. The summed E-state index contributed by atoms with van der Waals surface area (Å²) < 4.78 is 5.54. The van der Waals surface area contributed by atoms with Crippen LogP contribution in [0.5, 0.6) is 0 Å². The fourth-order valence-electron chi connectivity index (χ4n) is 3.36. The second kappa shape index (κ2) is 6.77. The van der Waals surface area contributed by atoms with Crippen LogP contribution in [-0.4, -0.2) is 54.2 Å². The zero-order valence-corrected chi connectivity index (χ0v) is 15.4. The van der Waals surface area contributed by atoms with E-state index in [1.165, 1.54) is 5.56 Å². The maximum absolute atomic E-state index is 12.8. The molecular formula is C19H27N3O3. The van der Waals surface area contributed by atoms with E-state index in [1.54, 1.807) is 4.90 Å². The SMILES string of the molecule is CCc1ccc(N2CN3C(C(=O)OC(C)(C)C)CNCC3C2=O)cc1. The lowest BCUT2D eigenvalue weighted by atomic mass is 10.1. The zero-order valence-electron chi connectivity index (χ0n) is 15.4. The van der Waals surface area contributed by atoms with Gasteiger partial charge >= 0.3 is 5.97 Å². The minimum atomic E-state index is -0.538. The lowest BCUT2D eigenvalue weighted by molar-refractivity contribution is -0.162. The molecule has 2 unspecified atom stereocenters. The van der Waals surface area contributed by atoms with Crippen molar-refractivity contribution in [2.75, 3.05) is 24.7 Å². The van der Waals surface area contributed by atoms with Crippen LogP contribution in [0.15, 0.2) is 24.3 Å². The summed E-state index contributed by atoms with van der Waals surface area (Å²) >= 11 is 0. The molecule has 2 atom stereocenters. The van der Waals surface area contributed by atoms with Gasteiger partial charge in [0, 0.05) is 18.8 Å². The molecule has 1 aromatic carbocycles. The number of hydrogen-bond acceptors (Lipinski definition) is 5. The van der Waals surface area contributed by atoms with E-state index in [9.17, 15) is 9.59 Å². The smallest absolute Gasteiger partial charge is 0.325 e. The van der Waals surface area contributed by atoms with E-state index >= 15 is 0 Å². The summed E-state index contributed by atoms with van der Waals surface area (Å²) in [5.41, 5.74) is 1.57. The van der Waals surface area contributed by atoms with Gasteiger partial charge in [0.2, 0.25) is 5.91 Å². The van der Waals surface area contributed by atoms with Crippen LogP contribution in [-0.2, 0) is 20.7 Å². The van der Waals surface area contributed by atoms with Crippen molar-refractivity contribution < 1.29 is 14.3 Å². The Morgan fingerprint density at radius 2 is 1.92 bits per heavy atom. The molecule has 2 saturated heterocycles. The number of fused-ring (bicyclic) bond motifs is 1. The fraction of sp³-hybridized carbons (Fsp3) is 0.579. The standard InChI is InChI=1S/C19H27N3O3/c1-5-13-6-8-14(9-7-13)21-12-22-15(17(21)23)10-20-11-16(22)18(24)25-19(2,3)4/h6-9,15-16,20H,5,10-12H2,1-4H3. The molecule has 2 aliphatic rings. The third-order valence-corrected chi connectivity index (χ3v) is 4.67. The van der Waals surface area contributed by atoms with Crippen LogP contribution < -0.4 is 10.2 Å². The number of carbonyl (C=O) groups excluding carboxylic acids is 2. The van der Waals surface area contributed by atoms with Crippen LogP contribution in [0, 0.1) is 0 Å². The summed E-state index contributed by atoms with van der Waals surface area (Å²) in [7, 11) is 0. The average Bonchev–Trinajstić information content (AvgIpc) is 2.90. The monoisotopic (exact) mass is 345 g/mol. The molecule has 0 radical (unpaired) electrons. The van der Waals surface area contributed by atoms with Crippen molar-refractivity contribution in [3.8, 4) is 0 Å². The van der Waals surface area contributed by atoms with Crippen molar-refractivity contribution in [1.82, 2.24) is 10.2 Å². The van der Waals surface area contributed by atoms with E-state index in [-0.39, 0.29) is 17.9 Å². The number of benzene rings is 1. The number of esters is 1. The van der Waals surface area contributed by atoms with Crippen molar-refractivity contribution >= 4 is 17.6 Å². The first-order valence-corrected chi connectivity index (χ1v) is 8.90. The topological polar surface area (TPSA) is 61.9 Å². The van der Waals surface area contributed by atoms with Crippen molar-refractivity contribution in [3.05, 3.63) is 29.8 Å². The first-order chi connectivity index (χ1) is 11.8. The highest BCUT2D eigenvalue weighted by Gasteiger charge is 2.47. The molecule has 2 aliphatic heterocycles. The maximum Gasteiger partial charge on any atom is 0.325 e. The van der Waals surface area contributed by atoms with Crippen molar-refractivity contribution in [3.63, 3.8) is 0 Å².